The number of benzene rings is 1. The maximum atomic E-state index is 12.7. The van der Waals surface area contributed by atoms with Gasteiger partial charge in [0.25, 0.3) is 5.91 Å². The van der Waals surface area contributed by atoms with Crippen LogP contribution in [0.15, 0.2) is 43.1 Å². The van der Waals surface area contributed by atoms with Gasteiger partial charge < -0.3 is 20.9 Å². The Morgan fingerprint density at radius 2 is 2.06 bits per heavy atom. The lowest BCUT2D eigenvalue weighted by atomic mass is 10.2. The summed E-state index contributed by atoms with van der Waals surface area (Å²) >= 11 is 7.42. The normalized spacial score (nSPS) is 15.1. The minimum absolute atomic E-state index is 0.0705. The van der Waals surface area contributed by atoms with Gasteiger partial charge in [0.05, 0.1) is 16.9 Å². The Morgan fingerprint density at radius 3 is 2.82 bits per heavy atom. The minimum atomic E-state index is -0.289. The second-order valence-electron chi connectivity index (χ2n) is 7.84. The van der Waals surface area contributed by atoms with Crippen LogP contribution < -0.4 is 16.0 Å². The Balaban J connectivity index is 1.42. The molecular formula is C23H24ClN7O2S. The van der Waals surface area contributed by atoms with E-state index in [2.05, 4.69) is 37.5 Å². The lowest BCUT2D eigenvalue weighted by Crippen LogP contribution is -2.30. The molecule has 1 saturated heterocycles. The van der Waals surface area contributed by atoms with Gasteiger partial charge in [-0.1, -0.05) is 41.6 Å². The van der Waals surface area contributed by atoms with Crippen LogP contribution in [0.4, 0.5) is 22.5 Å². The fourth-order valence-electron chi connectivity index (χ4n) is 3.63. The maximum absolute atomic E-state index is 12.7. The van der Waals surface area contributed by atoms with E-state index >= 15 is 0 Å². The van der Waals surface area contributed by atoms with E-state index in [-0.39, 0.29) is 17.9 Å². The zero-order chi connectivity index (χ0) is 24.2. The summed E-state index contributed by atoms with van der Waals surface area (Å²) in [5.74, 6) is 1.42. The van der Waals surface area contributed by atoms with Crippen molar-refractivity contribution in [1.29, 1.82) is 0 Å². The second-order valence-corrected chi connectivity index (χ2v) is 9.28. The number of halogens is 1. The van der Waals surface area contributed by atoms with Gasteiger partial charge in [-0.3, -0.25) is 9.59 Å². The molecule has 176 valence electrons. The van der Waals surface area contributed by atoms with Gasteiger partial charge in [0.15, 0.2) is 5.13 Å². The fourth-order valence-corrected chi connectivity index (χ4v) is 4.62. The molecule has 0 spiro atoms. The molecule has 9 nitrogen and oxygen atoms in total. The Kier molecular flexibility index (Phi) is 7.09. The highest BCUT2D eigenvalue weighted by atomic mass is 35.5. The van der Waals surface area contributed by atoms with Crippen LogP contribution in [0.1, 0.15) is 27.5 Å². The highest BCUT2D eigenvalue weighted by molar-refractivity contribution is 7.17. The lowest BCUT2D eigenvalue weighted by molar-refractivity contribution is -0.125. The van der Waals surface area contributed by atoms with E-state index in [0.29, 0.717) is 51.3 Å². The van der Waals surface area contributed by atoms with E-state index in [0.717, 1.165) is 12.0 Å². The number of carbonyl (C=O) groups is 2. The van der Waals surface area contributed by atoms with E-state index in [1.165, 1.54) is 23.6 Å². The molecule has 1 unspecified atom stereocenters. The molecule has 11 heteroatoms. The summed E-state index contributed by atoms with van der Waals surface area (Å²) in [7, 11) is 0. The van der Waals surface area contributed by atoms with Crippen molar-refractivity contribution < 1.29 is 9.59 Å². The number of hydrogen-bond acceptors (Lipinski definition) is 8. The van der Waals surface area contributed by atoms with Crippen LogP contribution in [0, 0.1) is 13.8 Å². The van der Waals surface area contributed by atoms with Crippen LogP contribution in [0.2, 0.25) is 5.02 Å². The number of nitrogens with one attached hydrogen (secondary N) is 3. The molecule has 3 heterocycles. The standard InChI is InChI=1S/C23H24ClN7O2S/c1-4-20(32)31-9-8-15(12-31)28-18-10-19(27-14(3)26-18)29-23-25-11-17(34-23)22(33)30-21-13(2)6-5-7-16(21)24/h4-7,10-11,15H,1,8-9,12H2,2-3H3,(H,30,33)(H2,25,26,27,28,29). The van der Waals surface area contributed by atoms with Crippen molar-refractivity contribution in [3.05, 3.63) is 64.4 Å². The molecule has 2 aromatic heterocycles. The Morgan fingerprint density at radius 1 is 1.26 bits per heavy atom. The smallest absolute Gasteiger partial charge is 0.267 e. The average Bonchev–Trinajstić information content (AvgIpc) is 3.45. The molecule has 0 bridgehead atoms. The predicted octanol–water partition coefficient (Wildman–Crippen LogP) is 4.40. The SMILES string of the molecule is C=CC(=O)N1CCC(Nc2cc(Nc3ncc(C(=O)Nc4c(C)cccc4Cl)s3)nc(C)n2)C1. The third-order valence-electron chi connectivity index (χ3n) is 5.29. The Labute approximate surface area is 206 Å². The lowest BCUT2D eigenvalue weighted by Gasteiger charge is -2.16. The Hall–Kier alpha value is -3.50. The second kappa shape index (κ2) is 10.2. The average molecular weight is 498 g/mol. The molecule has 1 fully saturated rings. The number of thiazole rings is 1. The number of para-hydroxylation sites is 1. The first kappa shape index (κ1) is 23.7. The molecular weight excluding hydrogens is 474 g/mol. The first-order valence-electron chi connectivity index (χ1n) is 10.6. The van der Waals surface area contributed by atoms with Gasteiger partial charge in [-0.05, 0) is 38.0 Å². The molecule has 34 heavy (non-hydrogen) atoms. The van der Waals surface area contributed by atoms with Gasteiger partial charge in [-0.25, -0.2) is 15.0 Å². The molecule has 3 N–H and O–H groups in total. The molecule has 1 atom stereocenters. The van der Waals surface area contributed by atoms with Crippen molar-refractivity contribution in [2.24, 2.45) is 0 Å². The van der Waals surface area contributed by atoms with E-state index in [1.807, 2.05) is 19.1 Å². The third-order valence-corrected chi connectivity index (χ3v) is 6.52. The van der Waals surface area contributed by atoms with E-state index in [1.54, 1.807) is 24.0 Å². The number of rotatable bonds is 7. The van der Waals surface area contributed by atoms with E-state index in [9.17, 15) is 9.59 Å². The first-order chi connectivity index (χ1) is 16.3. The van der Waals surface area contributed by atoms with Crippen molar-refractivity contribution in [2.45, 2.75) is 26.3 Å². The van der Waals surface area contributed by atoms with Crippen molar-refractivity contribution in [1.82, 2.24) is 19.9 Å². The number of amides is 2. The third kappa shape index (κ3) is 5.52. The van der Waals surface area contributed by atoms with Crippen LogP contribution in [-0.2, 0) is 4.79 Å². The first-order valence-corrected chi connectivity index (χ1v) is 11.8. The van der Waals surface area contributed by atoms with Crippen LogP contribution in [-0.4, -0.2) is 50.8 Å². The van der Waals surface area contributed by atoms with Gasteiger partial charge in [0.2, 0.25) is 5.91 Å². The summed E-state index contributed by atoms with van der Waals surface area (Å²) in [4.78, 5) is 39.8. The van der Waals surface area contributed by atoms with Crippen LogP contribution in [0.3, 0.4) is 0 Å². The zero-order valence-electron chi connectivity index (χ0n) is 18.8. The van der Waals surface area contributed by atoms with Gasteiger partial charge in [0, 0.05) is 25.2 Å². The van der Waals surface area contributed by atoms with E-state index < -0.39 is 0 Å². The summed E-state index contributed by atoms with van der Waals surface area (Å²) in [5, 5.41) is 10.4. The Bertz CT molecular complexity index is 1230. The highest BCUT2D eigenvalue weighted by Crippen LogP contribution is 2.28. The number of carbonyl (C=O) groups excluding carboxylic acids is 2. The monoisotopic (exact) mass is 497 g/mol. The summed E-state index contributed by atoms with van der Waals surface area (Å²) in [5.41, 5.74) is 1.46. The molecule has 0 radical (unpaired) electrons. The number of likely N-dealkylation sites (tertiary alicyclic amines) is 1. The quantitative estimate of drug-likeness (QED) is 0.415. The predicted molar refractivity (Wildman–Crippen MR) is 135 cm³/mol. The molecule has 3 aromatic rings. The van der Waals surface area contributed by atoms with Crippen molar-refractivity contribution in [3.63, 3.8) is 0 Å². The number of anilines is 4. The van der Waals surface area contributed by atoms with Crippen molar-refractivity contribution >= 4 is 57.2 Å². The van der Waals surface area contributed by atoms with Crippen molar-refractivity contribution in [3.8, 4) is 0 Å². The van der Waals surface area contributed by atoms with Crippen LogP contribution in [0.5, 0.6) is 0 Å². The molecule has 1 aliphatic rings. The number of nitrogens with zero attached hydrogens (tertiary/aromatic N) is 4. The van der Waals surface area contributed by atoms with Crippen LogP contribution >= 0.6 is 22.9 Å². The van der Waals surface area contributed by atoms with Gasteiger partial charge in [0.1, 0.15) is 22.3 Å². The van der Waals surface area contributed by atoms with Gasteiger partial charge in [-0.15, -0.1) is 0 Å². The molecule has 4 rings (SSSR count). The molecule has 2 amide bonds. The fraction of sp³-hybridized carbons (Fsp3) is 0.261. The molecule has 1 aromatic carbocycles. The number of hydrogen-bond donors (Lipinski definition) is 3. The minimum Gasteiger partial charge on any atom is -0.365 e. The summed E-state index contributed by atoms with van der Waals surface area (Å²) < 4.78 is 0. The number of aromatic nitrogens is 3. The largest absolute Gasteiger partial charge is 0.365 e. The molecule has 1 aliphatic heterocycles. The number of aryl methyl sites for hydroxylation is 2. The summed E-state index contributed by atoms with van der Waals surface area (Å²) in [6, 6.07) is 7.31. The van der Waals surface area contributed by atoms with Gasteiger partial charge in [-0.2, -0.15) is 0 Å². The maximum Gasteiger partial charge on any atom is 0.267 e. The topological polar surface area (TPSA) is 112 Å². The zero-order valence-corrected chi connectivity index (χ0v) is 20.3. The van der Waals surface area contributed by atoms with Crippen LogP contribution in [0.25, 0.3) is 0 Å². The highest BCUT2D eigenvalue weighted by Gasteiger charge is 2.25. The van der Waals surface area contributed by atoms with Gasteiger partial charge >= 0.3 is 0 Å². The summed E-state index contributed by atoms with van der Waals surface area (Å²) in [6.45, 7) is 8.48. The van der Waals surface area contributed by atoms with Crippen molar-refractivity contribution in [2.75, 3.05) is 29.0 Å². The molecule has 0 aliphatic carbocycles. The summed E-state index contributed by atoms with van der Waals surface area (Å²) in [6.07, 6.45) is 3.66. The molecule has 0 saturated carbocycles. The van der Waals surface area contributed by atoms with E-state index in [4.69, 9.17) is 11.6 Å².